The quantitative estimate of drug-likeness (QED) is 0.503. The largest absolute Gasteiger partial charge is 0.354 e. The number of guanidine groups is 1. The molecule has 0 spiro atoms. The maximum Gasteiger partial charge on any atom is 0.214 e. The number of hydrogen-bond donors (Lipinski definition) is 2. The molecule has 1 fully saturated rings. The third-order valence-corrected chi connectivity index (χ3v) is 7.63. The van der Waals surface area contributed by atoms with Gasteiger partial charge in [-0.05, 0) is 50.8 Å². The van der Waals surface area contributed by atoms with Crippen LogP contribution >= 0.6 is 0 Å². The lowest BCUT2D eigenvalue weighted by Crippen LogP contribution is -2.49. The van der Waals surface area contributed by atoms with E-state index in [-0.39, 0.29) is 11.8 Å². The first kappa shape index (κ1) is 23.3. The van der Waals surface area contributed by atoms with Crippen molar-refractivity contribution in [2.24, 2.45) is 4.99 Å². The molecule has 8 nitrogen and oxygen atoms in total. The topological polar surface area (TPSA) is 91.6 Å². The van der Waals surface area contributed by atoms with Crippen LogP contribution in [0.2, 0.25) is 0 Å². The van der Waals surface area contributed by atoms with Gasteiger partial charge < -0.3 is 10.6 Å². The van der Waals surface area contributed by atoms with Gasteiger partial charge in [-0.2, -0.15) is 5.10 Å². The number of nitrogens with one attached hydrogen (secondary N) is 2. The van der Waals surface area contributed by atoms with Crippen LogP contribution in [0.3, 0.4) is 0 Å². The van der Waals surface area contributed by atoms with E-state index in [0.29, 0.717) is 26.1 Å². The van der Waals surface area contributed by atoms with E-state index in [9.17, 15) is 8.42 Å². The second-order valence-electron chi connectivity index (χ2n) is 8.03. The molecule has 0 atom stereocenters. The van der Waals surface area contributed by atoms with Crippen LogP contribution in [0.25, 0.3) is 5.69 Å². The summed E-state index contributed by atoms with van der Waals surface area (Å²) in [5.41, 5.74) is 4.25. The summed E-state index contributed by atoms with van der Waals surface area (Å²) < 4.78 is 28.1. The summed E-state index contributed by atoms with van der Waals surface area (Å²) >= 11 is 0. The minimum Gasteiger partial charge on any atom is -0.354 e. The molecular formula is C22H34N6O2S. The van der Waals surface area contributed by atoms with Crippen molar-refractivity contribution in [1.82, 2.24) is 24.7 Å². The molecule has 9 heteroatoms. The number of para-hydroxylation sites is 1. The van der Waals surface area contributed by atoms with Crippen LogP contribution in [0.1, 0.15) is 43.1 Å². The SMILES string of the molecule is CCCS(=O)(=O)N1CCC(NC(=NC)NCc2ccccc2-n2nc(C)cc2C)CC1. The Morgan fingerprint density at radius 1 is 1.23 bits per heavy atom. The second-order valence-corrected chi connectivity index (χ2v) is 10.1. The maximum atomic E-state index is 12.3. The summed E-state index contributed by atoms with van der Waals surface area (Å²) in [5, 5.41) is 11.5. The van der Waals surface area contributed by atoms with E-state index < -0.39 is 10.0 Å². The molecule has 1 aliphatic heterocycles. The molecule has 0 unspecified atom stereocenters. The number of rotatable bonds is 7. The Hall–Kier alpha value is -2.39. The van der Waals surface area contributed by atoms with Crippen LogP contribution < -0.4 is 10.6 Å². The van der Waals surface area contributed by atoms with E-state index in [1.54, 1.807) is 11.4 Å². The van der Waals surface area contributed by atoms with Gasteiger partial charge in [0.25, 0.3) is 0 Å². The Bertz CT molecular complexity index is 1010. The van der Waals surface area contributed by atoms with Crippen molar-refractivity contribution in [3.05, 3.63) is 47.3 Å². The zero-order valence-corrected chi connectivity index (χ0v) is 19.7. The Morgan fingerprint density at radius 3 is 2.55 bits per heavy atom. The van der Waals surface area contributed by atoms with Crippen molar-refractivity contribution >= 4 is 16.0 Å². The van der Waals surface area contributed by atoms with Gasteiger partial charge in [-0.1, -0.05) is 25.1 Å². The summed E-state index contributed by atoms with van der Waals surface area (Å²) in [6.07, 6.45) is 2.19. The summed E-state index contributed by atoms with van der Waals surface area (Å²) in [6, 6.07) is 10.5. The zero-order valence-electron chi connectivity index (χ0n) is 18.9. The number of piperidine rings is 1. The van der Waals surface area contributed by atoms with E-state index in [2.05, 4.69) is 45.8 Å². The number of sulfonamides is 1. The molecule has 2 heterocycles. The van der Waals surface area contributed by atoms with Crippen molar-refractivity contribution in [1.29, 1.82) is 0 Å². The zero-order chi connectivity index (χ0) is 22.4. The van der Waals surface area contributed by atoms with Crippen molar-refractivity contribution < 1.29 is 8.42 Å². The molecule has 2 N–H and O–H groups in total. The van der Waals surface area contributed by atoms with Crippen LogP contribution in [0.15, 0.2) is 35.3 Å². The van der Waals surface area contributed by atoms with Crippen LogP contribution in [-0.4, -0.2) is 60.4 Å². The molecule has 0 bridgehead atoms. The lowest BCUT2D eigenvalue weighted by atomic mass is 10.1. The number of hydrogen-bond acceptors (Lipinski definition) is 4. The third kappa shape index (κ3) is 5.86. The van der Waals surface area contributed by atoms with E-state index in [1.807, 2.05) is 30.7 Å². The van der Waals surface area contributed by atoms with Gasteiger partial charge in [0.2, 0.25) is 10.0 Å². The van der Waals surface area contributed by atoms with Gasteiger partial charge in [-0.3, -0.25) is 4.99 Å². The van der Waals surface area contributed by atoms with E-state index in [1.165, 1.54) is 0 Å². The number of aromatic nitrogens is 2. The average Bonchev–Trinajstić information content (AvgIpc) is 3.09. The summed E-state index contributed by atoms with van der Waals surface area (Å²) in [6.45, 7) is 7.66. The van der Waals surface area contributed by atoms with Crippen molar-refractivity contribution in [2.75, 3.05) is 25.9 Å². The molecule has 1 saturated heterocycles. The fourth-order valence-electron chi connectivity index (χ4n) is 3.97. The first-order chi connectivity index (χ1) is 14.8. The van der Waals surface area contributed by atoms with Crippen LogP contribution in [0, 0.1) is 13.8 Å². The molecule has 3 rings (SSSR count). The first-order valence-electron chi connectivity index (χ1n) is 10.9. The molecule has 0 radical (unpaired) electrons. The molecular weight excluding hydrogens is 412 g/mol. The highest BCUT2D eigenvalue weighted by Crippen LogP contribution is 2.17. The van der Waals surface area contributed by atoms with Gasteiger partial charge in [-0.25, -0.2) is 17.4 Å². The monoisotopic (exact) mass is 446 g/mol. The van der Waals surface area contributed by atoms with Gasteiger partial charge in [0.05, 0.1) is 17.1 Å². The van der Waals surface area contributed by atoms with E-state index in [0.717, 1.165) is 41.4 Å². The van der Waals surface area contributed by atoms with Gasteiger partial charge in [0.15, 0.2) is 5.96 Å². The lowest BCUT2D eigenvalue weighted by Gasteiger charge is -2.32. The standard InChI is InChI=1S/C22H34N6O2S/c1-5-14-31(29,30)27-12-10-20(11-13-27)25-22(23-4)24-16-19-8-6-7-9-21(19)28-18(3)15-17(2)26-28/h6-9,15,20H,5,10-14,16H2,1-4H3,(H2,23,24,25). The molecule has 1 aliphatic rings. The minimum absolute atomic E-state index is 0.200. The van der Waals surface area contributed by atoms with Gasteiger partial charge in [-0.15, -0.1) is 0 Å². The van der Waals surface area contributed by atoms with Gasteiger partial charge in [0, 0.05) is 38.4 Å². The first-order valence-corrected chi connectivity index (χ1v) is 12.5. The molecule has 0 aliphatic carbocycles. The van der Waals surface area contributed by atoms with Gasteiger partial charge in [0.1, 0.15) is 0 Å². The number of aryl methyl sites for hydroxylation is 2. The number of benzene rings is 1. The Kier molecular flexibility index (Phi) is 7.72. The predicted molar refractivity (Wildman–Crippen MR) is 125 cm³/mol. The van der Waals surface area contributed by atoms with Crippen molar-refractivity contribution in [3.63, 3.8) is 0 Å². The summed E-state index contributed by atoms with van der Waals surface area (Å²) in [4.78, 5) is 4.36. The Morgan fingerprint density at radius 2 is 1.94 bits per heavy atom. The van der Waals surface area contributed by atoms with E-state index in [4.69, 9.17) is 0 Å². The molecule has 31 heavy (non-hydrogen) atoms. The smallest absolute Gasteiger partial charge is 0.214 e. The molecule has 2 aromatic rings. The van der Waals surface area contributed by atoms with Gasteiger partial charge >= 0.3 is 0 Å². The normalized spacial score (nSPS) is 16.5. The fourth-order valence-corrected chi connectivity index (χ4v) is 5.51. The summed E-state index contributed by atoms with van der Waals surface area (Å²) in [5.74, 6) is 0.946. The molecule has 0 amide bonds. The number of nitrogens with zero attached hydrogens (tertiary/aromatic N) is 4. The Balaban J connectivity index is 1.59. The number of aliphatic imine (C=N–C) groups is 1. The van der Waals surface area contributed by atoms with Crippen molar-refractivity contribution in [2.45, 2.75) is 52.6 Å². The molecule has 1 aromatic carbocycles. The average molecular weight is 447 g/mol. The minimum atomic E-state index is -3.12. The lowest BCUT2D eigenvalue weighted by molar-refractivity contribution is 0.306. The second kappa shape index (κ2) is 10.3. The highest BCUT2D eigenvalue weighted by molar-refractivity contribution is 7.89. The highest BCUT2D eigenvalue weighted by Gasteiger charge is 2.27. The molecule has 0 saturated carbocycles. The maximum absolute atomic E-state index is 12.3. The third-order valence-electron chi connectivity index (χ3n) is 5.55. The highest BCUT2D eigenvalue weighted by atomic mass is 32.2. The van der Waals surface area contributed by atoms with Crippen LogP contribution in [0.4, 0.5) is 0 Å². The molecule has 1 aromatic heterocycles. The Labute approximate surface area is 185 Å². The van der Waals surface area contributed by atoms with E-state index >= 15 is 0 Å². The fraction of sp³-hybridized carbons (Fsp3) is 0.545. The van der Waals surface area contributed by atoms with Crippen molar-refractivity contribution in [3.8, 4) is 5.69 Å². The predicted octanol–water partition coefficient (Wildman–Crippen LogP) is 2.36. The van der Waals surface area contributed by atoms with Crippen LogP contribution in [-0.2, 0) is 16.6 Å². The molecule has 170 valence electrons. The van der Waals surface area contributed by atoms with Crippen LogP contribution in [0.5, 0.6) is 0 Å². The summed E-state index contributed by atoms with van der Waals surface area (Å²) in [7, 11) is -1.37.